The number of aryl methyl sites for hydroxylation is 1. The predicted molar refractivity (Wildman–Crippen MR) is 125 cm³/mol. The highest BCUT2D eigenvalue weighted by molar-refractivity contribution is 5.95. The number of amides is 1. The molecule has 0 fully saturated rings. The van der Waals surface area contributed by atoms with Gasteiger partial charge in [-0.15, -0.1) is 0 Å². The lowest BCUT2D eigenvalue weighted by Gasteiger charge is -2.25. The maximum absolute atomic E-state index is 13.4. The smallest absolute Gasteiger partial charge is 0.330 e. The number of aromatic nitrogens is 6. The molecule has 3 aromatic rings. The Bertz CT molecular complexity index is 1330. The van der Waals surface area contributed by atoms with E-state index in [1.165, 1.54) is 31.2 Å². The van der Waals surface area contributed by atoms with Crippen molar-refractivity contribution in [1.29, 1.82) is 0 Å². The number of hydrogen-bond donors (Lipinski definition) is 2. The number of unbranched alkanes of at least 4 members (excludes halogenated alkanes) is 1. The van der Waals surface area contributed by atoms with Crippen molar-refractivity contribution in [2.45, 2.75) is 53.1 Å². The Hall–Kier alpha value is -3.70. The van der Waals surface area contributed by atoms with Crippen molar-refractivity contribution < 1.29 is 4.79 Å². The SMILES string of the molecule is CCCCn1c(N)c(N(CCC(C)C)C(=O)Cn2cnc3c(cnn3C)c2=O)c(=O)[nH]c1=O. The van der Waals surface area contributed by atoms with Crippen LogP contribution in [-0.4, -0.2) is 41.3 Å². The fraction of sp³-hybridized carbons (Fsp3) is 0.524. The lowest BCUT2D eigenvalue weighted by atomic mass is 10.1. The van der Waals surface area contributed by atoms with Crippen molar-refractivity contribution in [2.24, 2.45) is 13.0 Å². The van der Waals surface area contributed by atoms with Crippen LogP contribution in [0.2, 0.25) is 0 Å². The van der Waals surface area contributed by atoms with Crippen LogP contribution in [-0.2, 0) is 24.9 Å². The van der Waals surface area contributed by atoms with Crippen LogP contribution < -0.4 is 27.4 Å². The average molecular weight is 459 g/mol. The summed E-state index contributed by atoms with van der Waals surface area (Å²) in [5.74, 6) is -0.342. The van der Waals surface area contributed by atoms with Gasteiger partial charge in [-0.1, -0.05) is 27.2 Å². The Morgan fingerprint density at radius 2 is 2.00 bits per heavy atom. The van der Waals surface area contributed by atoms with Gasteiger partial charge in [0, 0.05) is 20.1 Å². The first-order valence-corrected chi connectivity index (χ1v) is 11.0. The fourth-order valence-electron chi connectivity index (χ4n) is 3.54. The quantitative estimate of drug-likeness (QED) is 0.471. The Kier molecular flexibility index (Phi) is 7.14. The number of H-pyrrole nitrogens is 1. The topological polar surface area (TPSA) is 154 Å². The summed E-state index contributed by atoms with van der Waals surface area (Å²) in [5.41, 5.74) is 4.78. The van der Waals surface area contributed by atoms with E-state index in [0.29, 0.717) is 25.0 Å². The van der Waals surface area contributed by atoms with Gasteiger partial charge in [-0.3, -0.25) is 33.2 Å². The Balaban J connectivity index is 2.04. The number of nitrogens with one attached hydrogen (secondary N) is 1. The summed E-state index contributed by atoms with van der Waals surface area (Å²) in [6, 6.07) is 0. The van der Waals surface area contributed by atoms with E-state index in [-0.39, 0.29) is 35.9 Å². The number of aromatic amines is 1. The first-order valence-electron chi connectivity index (χ1n) is 11.0. The van der Waals surface area contributed by atoms with Gasteiger partial charge in [0.2, 0.25) is 5.91 Å². The number of hydrogen-bond acceptors (Lipinski definition) is 7. The second-order valence-corrected chi connectivity index (χ2v) is 8.41. The van der Waals surface area contributed by atoms with Crippen LogP contribution in [0.5, 0.6) is 0 Å². The third kappa shape index (κ3) is 4.89. The summed E-state index contributed by atoms with van der Waals surface area (Å²) in [4.78, 5) is 58.9. The van der Waals surface area contributed by atoms with Crippen molar-refractivity contribution in [1.82, 2.24) is 28.9 Å². The highest BCUT2D eigenvalue weighted by Crippen LogP contribution is 2.19. The van der Waals surface area contributed by atoms with Gasteiger partial charge in [-0.05, 0) is 18.8 Å². The molecule has 3 heterocycles. The highest BCUT2D eigenvalue weighted by Gasteiger charge is 2.25. The molecule has 3 rings (SSSR count). The summed E-state index contributed by atoms with van der Waals surface area (Å²) in [5, 5.41) is 4.31. The van der Waals surface area contributed by atoms with Gasteiger partial charge in [-0.25, -0.2) is 9.78 Å². The molecule has 0 bridgehead atoms. The first kappa shape index (κ1) is 24.0. The van der Waals surface area contributed by atoms with Gasteiger partial charge in [0.05, 0.1) is 6.20 Å². The Morgan fingerprint density at radius 3 is 2.67 bits per heavy atom. The van der Waals surface area contributed by atoms with Crippen LogP contribution in [0.4, 0.5) is 11.5 Å². The molecule has 0 saturated carbocycles. The monoisotopic (exact) mass is 458 g/mol. The second-order valence-electron chi connectivity index (χ2n) is 8.41. The average Bonchev–Trinajstić information content (AvgIpc) is 3.13. The van der Waals surface area contributed by atoms with Crippen LogP contribution in [0.15, 0.2) is 26.9 Å². The predicted octanol–water partition coefficient (Wildman–Crippen LogP) is 0.442. The zero-order valence-corrected chi connectivity index (χ0v) is 19.4. The molecule has 12 heteroatoms. The lowest BCUT2D eigenvalue weighted by Crippen LogP contribution is -2.44. The number of carbonyl (C=O) groups is 1. The number of nitrogens with two attached hydrogens (primary N) is 1. The van der Waals surface area contributed by atoms with Gasteiger partial charge in [0.25, 0.3) is 11.1 Å². The van der Waals surface area contributed by atoms with E-state index in [1.54, 1.807) is 7.05 Å². The van der Waals surface area contributed by atoms with Crippen molar-refractivity contribution in [3.63, 3.8) is 0 Å². The highest BCUT2D eigenvalue weighted by atomic mass is 16.2. The summed E-state index contributed by atoms with van der Waals surface area (Å²) >= 11 is 0. The van der Waals surface area contributed by atoms with E-state index < -0.39 is 22.7 Å². The minimum Gasteiger partial charge on any atom is -0.383 e. The van der Waals surface area contributed by atoms with Crippen molar-refractivity contribution in [2.75, 3.05) is 17.2 Å². The molecule has 0 radical (unpaired) electrons. The van der Waals surface area contributed by atoms with Crippen molar-refractivity contribution >= 4 is 28.4 Å². The summed E-state index contributed by atoms with van der Waals surface area (Å²) in [7, 11) is 1.67. The largest absolute Gasteiger partial charge is 0.383 e. The number of rotatable bonds is 9. The maximum Gasteiger partial charge on any atom is 0.330 e. The van der Waals surface area contributed by atoms with E-state index in [4.69, 9.17) is 5.73 Å². The molecular formula is C21H30N8O4. The molecule has 0 aliphatic carbocycles. The summed E-state index contributed by atoms with van der Waals surface area (Å²) in [6.45, 7) is 6.12. The zero-order valence-electron chi connectivity index (χ0n) is 19.4. The normalized spacial score (nSPS) is 11.4. The van der Waals surface area contributed by atoms with Gasteiger partial charge < -0.3 is 10.6 Å². The number of nitrogen functional groups attached to an aromatic ring is 1. The minimum atomic E-state index is -0.740. The van der Waals surface area contributed by atoms with Crippen LogP contribution >= 0.6 is 0 Å². The van der Waals surface area contributed by atoms with Crippen LogP contribution in [0.3, 0.4) is 0 Å². The van der Waals surface area contributed by atoms with Gasteiger partial charge in [0.1, 0.15) is 24.1 Å². The van der Waals surface area contributed by atoms with Crippen LogP contribution in [0.1, 0.15) is 40.0 Å². The summed E-state index contributed by atoms with van der Waals surface area (Å²) < 4.78 is 3.91. The van der Waals surface area contributed by atoms with E-state index in [1.807, 2.05) is 20.8 Å². The molecule has 12 nitrogen and oxygen atoms in total. The minimum absolute atomic E-state index is 0.0671. The molecule has 33 heavy (non-hydrogen) atoms. The Morgan fingerprint density at radius 1 is 1.27 bits per heavy atom. The zero-order chi connectivity index (χ0) is 24.3. The third-order valence-electron chi connectivity index (χ3n) is 5.47. The fourth-order valence-corrected chi connectivity index (χ4v) is 3.54. The van der Waals surface area contributed by atoms with E-state index >= 15 is 0 Å². The maximum atomic E-state index is 13.4. The molecule has 178 valence electrons. The molecule has 0 spiro atoms. The molecule has 0 aliphatic rings. The van der Waals surface area contributed by atoms with Gasteiger partial charge >= 0.3 is 5.69 Å². The van der Waals surface area contributed by atoms with Crippen LogP contribution in [0, 0.1) is 5.92 Å². The molecule has 3 N–H and O–H groups in total. The number of fused-ring (bicyclic) bond motifs is 1. The van der Waals surface area contributed by atoms with Crippen molar-refractivity contribution in [3.8, 4) is 0 Å². The number of anilines is 2. The Labute approximate surface area is 189 Å². The molecule has 1 amide bonds. The van der Waals surface area contributed by atoms with E-state index in [2.05, 4.69) is 15.1 Å². The van der Waals surface area contributed by atoms with E-state index in [9.17, 15) is 19.2 Å². The third-order valence-corrected chi connectivity index (χ3v) is 5.47. The van der Waals surface area contributed by atoms with Crippen molar-refractivity contribution in [3.05, 3.63) is 43.7 Å². The molecule has 0 aliphatic heterocycles. The van der Waals surface area contributed by atoms with Gasteiger partial charge in [-0.2, -0.15) is 5.10 Å². The molecule has 0 atom stereocenters. The second kappa shape index (κ2) is 9.84. The standard InChI is InChI=1S/C21H30N8O4/c1-5-6-8-29-17(22)16(19(31)25-21(29)33)28(9-7-13(2)3)15(30)11-27-12-23-18-14(20(27)32)10-24-26(18)4/h10,12-13H,5-9,11,22H2,1-4H3,(H,25,31,33). The molecule has 3 aromatic heterocycles. The first-order chi connectivity index (χ1) is 15.6. The lowest BCUT2D eigenvalue weighted by molar-refractivity contribution is -0.119. The van der Waals surface area contributed by atoms with E-state index in [0.717, 1.165) is 6.42 Å². The molecular weight excluding hydrogens is 428 g/mol. The van der Waals surface area contributed by atoms with Gasteiger partial charge in [0.15, 0.2) is 11.3 Å². The number of carbonyl (C=O) groups excluding carboxylic acids is 1. The number of nitrogens with zero attached hydrogens (tertiary/aromatic N) is 6. The van der Waals surface area contributed by atoms with Crippen LogP contribution in [0.25, 0.3) is 11.0 Å². The molecule has 0 saturated heterocycles. The molecule has 0 unspecified atom stereocenters. The summed E-state index contributed by atoms with van der Waals surface area (Å²) in [6.07, 6.45) is 4.77. The molecule has 0 aromatic carbocycles.